The topological polar surface area (TPSA) is 116 Å². The van der Waals surface area contributed by atoms with Crippen molar-refractivity contribution in [3.8, 4) is 0 Å². The highest BCUT2D eigenvalue weighted by atomic mass is 32.2. The van der Waals surface area contributed by atoms with Crippen molar-refractivity contribution in [3.63, 3.8) is 0 Å². The lowest BCUT2D eigenvalue weighted by Gasteiger charge is -2.29. The van der Waals surface area contributed by atoms with Crippen LogP contribution in [0.3, 0.4) is 0 Å². The molecule has 0 saturated heterocycles. The molecule has 7 nitrogen and oxygen atoms in total. The number of non-ortho nitro benzene ring substituents is 1. The van der Waals surface area contributed by atoms with Crippen molar-refractivity contribution in [1.82, 2.24) is 0 Å². The third-order valence-electron chi connectivity index (χ3n) is 3.00. The summed E-state index contributed by atoms with van der Waals surface area (Å²) in [6, 6.07) is 2.92. The van der Waals surface area contributed by atoms with Crippen LogP contribution >= 0.6 is 0 Å². The summed E-state index contributed by atoms with van der Waals surface area (Å²) in [4.78, 5) is 14.1. The maximum absolute atomic E-state index is 13.9. The van der Waals surface area contributed by atoms with Crippen LogP contribution in [0.2, 0.25) is 0 Å². The molecule has 1 aromatic carbocycles. The van der Waals surface area contributed by atoms with E-state index in [-0.39, 0.29) is 22.8 Å². The minimum Gasteiger partial charge on any atom is -0.387 e. The van der Waals surface area contributed by atoms with Crippen molar-refractivity contribution in [3.05, 3.63) is 39.7 Å². The van der Waals surface area contributed by atoms with E-state index in [0.717, 1.165) is 18.2 Å². The highest BCUT2D eigenvalue weighted by Gasteiger charge is 2.39. The molecule has 2 N–H and O–H groups in total. The fraction of sp³-hybridized carbons (Fsp3) is 0.364. The smallest absolute Gasteiger partial charge is 0.270 e. The summed E-state index contributed by atoms with van der Waals surface area (Å²) in [6.07, 6.45) is 0. The lowest BCUT2D eigenvalue weighted by molar-refractivity contribution is -0.385. The fourth-order valence-electron chi connectivity index (χ4n) is 2.26. The molecule has 1 aliphatic heterocycles. The van der Waals surface area contributed by atoms with Gasteiger partial charge < -0.3 is 5.73 Å². The van der Waals surface area contributed by atoms with Crippen LogP contribution in [-0.2, 0) is 15.4 Å². The van der Waals surface area contributed by atoms with Crippen molar-refractivity contribution in [2.75, 3.05) is 11.5 Å². The number of benzene rings is 1. The van der Waals surface area contributed by atoms with Gasteiger partial charge in [-0.2, -0.15) is 0 Å². The van der Waals surface area contributed by atoms with Gasteiger partial charge in [0, 0.05) is 17.7 Å². The first-order chi connectivity index (χ1) is 9.13. The lowest BCUT2D eigenvalue weighted by atomic mass is 9.93. The molecule has 108 valence electrons. The molecule has 1 aromatic rings. The van der Waals surface area contributed by atoms with Gasteiger partial charge in [-0.25, -0.2) is 12.8 Å². The molecule has 0 unspecified atom stereocenters. The van der Waals surface area contributed by atoms with Gasteiger partial charge in [-0.15, -0.1) is 0 Å². The second-order valence-electron chi connectivity index (χ2n) is 4.83. The largest absolute Gasteiger partial charge is 0.387 e. The maximum atomic E-state index is 13.9. The van der Waals surface area contributed by atoms with Crippen LogP contribution in [0, 0.1) is 15.9 Å². The summed E-state index contributed by atoms with van der Waals surface area (Å²) in [6.45, 7) is 1.39. The zero-order valence-corrected chi connectivity index (χ0v) is 11.4. The monoisotopic (exact) mass is 301 g/mol. The van der Waals surface area contributed by atoms with E-state index in [1.54, 1.807) is 0 Å². The summed E-state index contributed by atoms with van der Waals surface area (Å²) < 4.78 is 37.4. The highest BCUT2D eigenvalue weighted by Crippen LogP contribution is 2.34. The number of nitro groups is 1. The molecule has 0 radical (unpaired) electrons. The van der Waals surface area contributed by atoms with Crippen molar-refractivity contribution >= 4 is 21.4 Å². The van der Waals surface area contributed by atoms with Gasteiger partial charge in [0.1, 0.15) is 22.9 Å². The van der Waals surface area contributed by atoms with Crippen molar-refractivity contribution in [2.45, 2.75) is 12.5 Å². The zero-order chi connectivity index (χ0) is 15.1. The molecule has 0 amide bonds. The molecule has 0 fully saturated rings. The van der Waals surface area contributed by atoms with Gasteiger partial charge in [0.25, 0.3) is 5.69 Å². The average molecular weight is 301 g/mol. The van der Waals surface area contributed by atoms with Gasteiger partial charge in [-0.3, -0.25) is 15.1 Å². The predicted octanol–water partition coefficient (Wildman–Crippen LogP) is 0.735. The molecule has 20 heavy (non-hydrogen) atoms. The van der Waals surface area contributed by atoms with Crippen molar-refractivity contribution in [1.29, 1.82) is 0 Å². The van der Waals surface area contributed by atoms with Gasteiger partial charge >= 0.3 is 0 Å². The van der Waals surface area contributed by atoms with E-state index in [0.29, 0.717) is 0 Å². The van der Waals surface area contributed by atoms with E-state index in [9.17, 15) is 22.9 Å². The van der Waals surface area contributed by atoms with E-state index >= 15 is 0 Å². The Bertz CT molecular complexity index is 716. The van der Waals surface area contributed by atoms with Crippen LogP contribution in [-0.4, -0.2) is 30.7 Å². The van der Waals surface area contributed by atoms with Crippen LogP contribution in [0.25, 0.3) is 0 Å². The number of aliphatic imine (C=N–C) groups is 1. The van der Waals surface area contributed by atoms with Gasteiger partial charge in [0.15, 0.2) is 9.84 Å². The van der Waals surface area contributed by atoms with E-state index in [1.165, 1.54) is 6.92 Å². The molecule has 9 heteroatoms. The first-order valence-corrected chi connectivity index (χ1v) is 7.44. The standard InChI is InChI=1S/C11H12FN3O4S/c1-11(6-20(18,19)5-10(13)14-11)8-4-7(15(16)17)2-3-9(8)12/h2-4H,5-6H2,1H3,(H2,13,14)/t11-/m0/s1. The summed E-state index contributed by atoms with van der Waals surface area (Å²) in [5.74, 6) is -1.73. The minimum atomic E-state index is -3.53. The van der Waals surface area contributed by atoms with Crippen LogP contribution in [0.15, 0.2) is 23.2 Å². The third-order valence-corrected chi connectivity index (χ3v) is 4.74. The van der Waals surface area contributed by atoms with Crippen LogP contribution < -0.4 is 5.73 Å². The molecule has 0 aromatic heterocycles. The van der Waals surface area contributed by atoms with Gasteiger partial charge in [0.05, 0.1) is 10.7 Å². The molecular formula is C11H12FN3O4S. The highest BCUT2D eigenvalue weighted by molar-refractivity contribution is 7.92. The number of halogens is 1. The number of nitrogens with two attached hydrogens (primary N) is 1. The summed E-state index contributed by atoms with van der Waals surface area (Å²) in [5.41, 5.74) is 3.54. The molecule has 1 aliphatic rings. The Morgan fingerprint density at radius 1 is 1.50 bits per heavy atom. The predicted molar refractivity (Wildman–Crippen MR) is 70.7 cm³/mol. The molecule has 0 bridgehead atoms. The van der Waals surface area contributed by atoms with Crippen LogP contribution in [0.4, 0.5) is 10.1 Å². The molecule has 1 atom stereocenters. The van der Waals surface area contributed by atoms with Crippen molar-refractivity contribution < 1.29 is 17.7 Å². The average Bonchev–Trinajstić information content (AvgIpc) is 2.25. The third kappa shape index (κ3) is 2.62. The van der Waals surface area contributed by atoms with Crippen molar-refractivity contribution in [2.24, 2.45) is 10.7 Å². The number of rotatable bonds is 2. The number of nitro benzene ring substituents is 1. The second-order valence-corrected chi connectivity index (χ2v) is 6.89. The van der Waals surface area contributed by atoms with Gasteiger partial charge in [-0.1, -0.05) is 0 Å². The Morgan fingerprint density at radius 2 is 2.15 bits per heavy atom. The molecular weight excluding hydrogens is 289 g/mol. The molecule has 2 rings (SSSR count). The van der Waals surface area contributed by atoms with E-state index in [4.69, 9.17) is 5.73 Å². The van der Waals surface area contributed by atoms with Crippen LogP contribution in [0.5, 0.6) is 0 Å². The number of sulfone groups is 1. The van der Waals surface area contributed by atoms with E-state index in [1.807, 2.05) is 0 Å². The Hall–Kier alpha value is -2.03. The Morgan fingerprint density at radius 3 is 2.70 bits per heavy atom. The SMILES string of the molecule is C[C@@]1(c2cc([N+](=O)[O-])ccc2F)CS(=O)(=O)CC(N)=N1. The number of hydrogen-bond acceptors (Lipinski definition) is 6. The first-order valence-electron chi connectivity index (χ1n) is 5.62. The van der Waals surface area contributed by atoms with Gasteiger partial charge in [0.2, 0.25) is 0 Å². The first kappa shape index (κ1) is 14.4. The normalized spacial score (nSPS) is 25.0. The Kier molecular flexibility index (Phi) is 3.24. The second kappa shape index (κ2) is 4.51. The summed E-state index contributed by atoms with van der Waals surface area (Å²) >= 11 is 0. The number of nitrogens with zero attached hydrogens (tertiary/aromatic N) is 2. The summed E-state index contributed by atoms with van der Waals surface area (Å²) in [5, 5.41) is 10.7. The molecule has 0 saturated carbocycles. The Labute approximate surface area is 114 Å². The zero-order valence-electron chi connectivity index (χ0n) is 10.5. The van der Waals surface area contributed by atoms with E-state index in [2.05, 4.69) is 4.99 Å². The number of amidine groups is 1. The fourth-order valence-corrected chi connectivity index (χ4v) is 3.96. The quantitative estimate of drug-likeness (QED) is 0.638. The molecule has 0 spiro atoms. The molecule has 1 heterocycles. The molecule has 0 aliphatic carbocycles. The number of hydrogen-bond donors (Lipinski definition) is 1. The maximum Gasteiger partial charge on any atom is 0.270 e. The van der Waals surface area contributed by atoms with Gasteiger partial charge in [-0.05, 0) is 13.0 Å². The van der Waals surface area contributed by atoms with Crippen LogP contribution in [0.1, 0.15) is 12.5 Å². The Balaban J connectivity index is 2.63. The van der Waals surface area contributed by atoms with E-state index < -0.39 is 31.9 Å². The lowest BCUT2D eigenvalue weighted by Crippen LogP contribution is -2.42. The minimum absolute atomic E-state index is 0.135. The summed E-state index contributed by atoms with van der Waals surface area (Å²) in [7, 11) is -3.53.